The molecule has 0 saturated heterocycles. The molecule has 0 aromatic heterocycles. The van der Waals surface area contributed by atoms with Crippen molar-refractivity contribution in [3.05, 3.63) is 36.5 Å². The number of hydrogen-bond acceptors (Lipinski definition) is 0. The summed E-state index contributed by atoms with van der Waals surface area (Å²) in [7, 11) is 0. The molecule has 0 fully saturated rings. The van der Waals surface area contributed by atoms with Crippen molar-refractivity contribution in [3.63, 3.8) is 0 Å². The molecule has 0 amide bonds. The second-order valence-corrected chi connectivity index (χ2v) is 3.12. The Labute approximate surface area is 75.7 Å². The summed E-state index contributed by atoms with van der Waals surface area (Å²) >= 11 is 0. The van der Waals surface area contributed by atoms with E-state index in [1.54, 1.807) is 0 Å². The first kappa shape index (κ1) is 9.31. The van der Waals surface area contributed by atoms with Crippen LogP contribution in [0.25, 0.3) is 0 Å². The fraction of sp³-hybridized carbons (Fsp3) is 0.500. The molecule has 12 heavy (non-hydrogen) atoms. The van der Waals surface area contributed by atoms with E-state index in [1.807, 2.05) is 6.08 Å². The Balaban J connectivity index is 2.31. The second-order valence-electron chi connectivity index (χ2n) is 3.12. The molecule has 0 unspecified atom stereocenters. The van der Waals surface area contributed by atoms with E-state index in [-0.39, 0.29) is 0 Å². The zero-order valence-corrected chi connectivity index (χ0v) is 7.63. The van der Waals surface area contributed by atoms with Gasteiger partial charge in [-0.25, -0.2) is 0 Å². The summed E-state index contributed by atoms with van der Waals surface area (Å²) in [6.07, 6.45) is 21.5. The Hall–Kier alpha value is -0.780. The van der Waals surface area contributed by atoms with E-state index in [4.69, 9.17) is 0 Å². The molecule has 0 bridgehead atoms. The number of rotatable bonds is 0. The van der Waals surface area contributed by atoms with Gasteiger partial charge in [0.25, 0.3) is 0 Å². The van der Waals surface area contributed by atoms with Crippen LogP contribution < -0.4 is 0 Å². The monoisotopic (exact) mass is 161 g/mol. The Morgan fingerprint density at radius 3 is 2.75 bits per heavy atom. The lowest BCUT2D eigenvalue weighted by atomic mass is 10.1. The van der Waals surface area contributed by atoms with E-state index in [1.165, 1.54) is 32.1 Å². The summed E-state index contributed by atoms with van der Waals surface area (Å²) in [4.78, 5) is 0. The maximum absolute atomic E-state index is 3.16. The quantitative estimate of drug-likeness (QED) is 0.474. The summed E-state index contributed by atoms with van der Waals surface area (Å²) < 4.78 is 0. The SMILES string of the molecule is [C]1=CCCCCCC=CCC=C1. The molecule has 0 spiro atoms. The van der Waals surface area contributed by atoms with Gasteiger partial charge in [0.15, 0.2) is 0 Å². The standard InChI is InChI=1S/C12H17/c1-2-4-6-8-10-12-11-9-7-5-3-1/h1-2,5,7,11H,3-4,6,8,10,12H2. The molecular weight excluding hydrogens is 144 g/mol. The first-order chi connectivity index (χ1) is 6.00. The molecule has 0 aromatic carbocycles. The van der Waals surface area contributed by atoms with Crippen LogP contribution in [0.15, 0.2) is 30.4 Å². The number of allylic oxidation sites excluding steroid dienone is 6. The highest BCUT2D eigenvalue weighted by Gasteiger charge is 1.85. The van der Waals surface area contributed by atoms with Gasteiger partial charge in [-0.1, -0.05) is 36.8 Å². The lowest BCUT2D eigenvalue weighted by Gasteiger charge is -1.95. The zero-order valence-electron chi connectivity index (χ0n) is 7.63. The largest absolute Gasteiger partial charge is 0.0882 e. The van der Waals surface area contributed by atoms with Crippen LogP contribution in [-0.2, 0) is 0 Å². The molecule has 0 aromatic rings. The minimum atomic E-state index is 1.06. The molecule has 0 aliphatic heterocycles. The molecule has 0 heteroatoms. The molecule has 0 atom stereocenters. The molecular formula is C12H17. The molecule has 0 nitrogen and oxygen atoms in total. The van der Waals surface area contributed by atoms with E-state index < -0.39 is 0 Å². The van der Waals surface area contributed by atoms with Gasteiger partial charge in [0, 0.05) is 0 Å². The lowest BCUT2D eigenvalue weighted by molar-refractivity contribution is 0.695. The van der Waals surface area contributed by atoms with Gasteiger partial charge in [-0.05, 0) is 38.2 Å². The molecule has 0 N–H and O–H groups in total. The third-order valence-corrected chi connectivity index (χ3v) is 1.99. The average molecular weight is 161 g/mol. The molecule has 1 radical (unpaired) electrons. The molecule has 0 saturated carbocycles. The van der Waals surface area contributed by atoms with Crippen molar-refractivity contribution in [2.24, 2.45) is 0 Å². The van der Waals surface area contributed by atoms with Gasteiger partial charge in [-0.15, -0.1) is 0 Å². The summed E-state index contributed by atoms with van der Waals surface area (Å²) in [5.74, 6) is 0. The fourth-order valence-electron chi connectivity index (χ4n) is 1.27. The van der Waals surface area contributed by atoms with Gasteiger partial charge in [0.05, 0.1) is 0 Å². The predicted octanol–water partition coefficient (Wildman–Crippen LogP) is 3.81. The normalized spacial score (nSPS) is 20.0. The van der Waals surface area contributed by atoms with Crippen LogP contribution in [0.3, 0.4) is 0 Å². The van der Waals surface area contributed by atoms with Crippen molar-refractivity contribution in [3.8, 4) is 0 Å². The van der Waals surface area contributed by atoms with Crippen LogP contribution in [0.2, 0.25) is 0 Å². The third-order valence-electron chi connectivity index (χ3n) is 1.99. The van der Waals surface area contributed by atoms with Crippen LogP contribution in [0.1, 0.15) is 38.5 Å². The smallest absolute Gasteiger partial charge is 0.0166 e. The van der Waals surface area contributed by atoms with Gasteiger partial charge in [-0.2, -0.15) is 0 Å². The predicted molar refractivity (Wildman–Crippen MR) is 53.8 cm³/mol. The van der Waals surface area contributed by atoms with E-state index >= 15 is 0 Å². The summed E-state index contributed by atoms with van der Waals surface area (Å²) in [5.41, 5.74) is 0. The third kappa shape index (κ3) is 4.95. The topological polar surface area (TPSA) is 0 Å². The van der Waals surface area contributed by atoms with Crippen LogP contribution >= 0.6 is 0 Å². The van der Waals surface area contributed by atoms with Gasteiger partial charge >= 0.3 is 0 Å². The highest BCUT2D eigenvalue weighted by Crippen LogP contribution is 2.05. The van der Waals surface area contributed by atoms with Crippen molar-refractivity contribution in [1.82, 2.24) is 0 Å². The van der Waals surface area contributed by atoms with Crippen LogP contribution in [-0.4, -0.2) is 0 Å². The summed E-state index contributed by atoms with van der Waals surface area (Å²) in [5, 5.41) is 0. The minimum absolute atomic E-state index is 1.06. The molecule has 0 heterocycles. The summed E-state index contributed by atoms with van der Waals surface area (Å²) in [6.45, 7) is 0. The Kier molecular flexibility index (Phi) is 5.35. The summed E-state index contributed by atoms with van der Waals surface area (Å²) in [6, 6.07) is 0. The average Bonchev–Trinajstić information content (AvgIpc) is 2.05. The van der Waals surface area contributed by atoms with Gasteiger partial charge < -0.3 is 0 Å². The van der Waals surface area contributed by atoms with Crippen molar-refractivity contribution < 1.29 is 0 Å². The maximum atomic E-state index is 3.16. The Bertz CT molecular complexity index is 172. The van der Waals surface area contributed by atoms with E-state index in [0.717, 1.165) is 6.42 Å². The molecule has 1 rings (SSSR count). The molecule has 1 aliphatic rings. The lowest BCUT2D eigenvalue weighted by Crippen LogP contribution is -1.75. The second kappa shape index (κ2) is 6.90. The van der Waals surface area contributed by atoms with Gasteiger partial charge in [0.1, 0.15) is 0 Å². The van der Waals surface area contributed by atoms with Gasteiger partial charge in [0.2, 0.25) is 0 Å². The van der Waals surface area contributed by atoms with Crippen LogP contribution in [0.4, 0.5) is 0 Å². The van der Waals surface area contributed by atoms with Crippen LogP contribution in [0.5, 0.6) is 0 Å². The molecule has 1 aliphatic carbocycles. The maximum Gasteiger partial charge on any atom is -0.0166 e. The zero-order chi connectivity index (χ0) is 8.49. The highest BCUT2D eigenvalue weighted by molar-refractivity contribution is 4.99. The first-order valence-electron chi connectivity index (χ1n) is 4.88. The van der Waals surface area contributed by atoms with Gasteiger partial charge in [-0.3, -0.25) is 0 Å². The highest BCUT2D eigenvalue weighted by atomic mass is 13.9. The van der Waals surface area contributed by atoms with Crippen molar-refractivity contribution >= 4 is 0 Å². The van der Waals surface area contributed by atoms with Crippen molar-refractivity contribution in [2.75, 3.05) is 0 Å². The Morgan fingerprint density at radius 1 is 0.833 bits per heavy atom. The number of hydrogen-bond donors (Lipinski definition) is 0. The van der Waals surface area contributed by atoms with E-state index in [9.17, 15) is 0 Å². The molecule has 65 valence electrons. The minimum Gasteiger partial charge on any atom is -0.0882 e. The van der Waals surface area contributed by atoms with E-state index in [0.29, 0.717) is 0 Å². The van der Waals surface area contributed by atoms with Crippen molar-refractivity contribution in [1.29, 1.82) is 0 Å². The van der Waals surface area contributed by atoms with Crippen LogP contribution in [0, 0.1) is 6.08 Å². The van der Waals surface area contributed by atoms with E-state index in [2.05, 4.69) is 30.4 Å². The Morgan fingerprint density at radius 2 is 1.75 bits per heavy atom. The first-order valence-corrected chi connectivity index (χ1v) is 4.88. The van der Waals surface area contributed by atoms with Crippen molar-refractivity contribution in [2.45, 2.75) is 38.5 Å². The fourth-order valence-corrected chi connectivity index (χ4v) is 1.27.